The number of hydrogen-bond acceptors (Lipinski definition) is 3. The van der Waals surface area contributed by atoms with Crippen molar-refractivity contribution in [3.63, 3.8) is 0 Å². The maximum absolute atomic E-state index is 6.04. The Balaban J connectivity index is 0.00000146. The third-order valence-corrected chi connectivity index (χ3v) is 6.90. The summed E-state index contributed by atoms with van der Waals surface area (Å²) in [6.45, 7) is 7.13. The lowest BCUT2D eigenvalue weighted by atomic mass is 9.73. The molecule has 3 atom stereocenters. The number of nitrogens with one attached hydrogen (secondary N) is 1. The van der Waals surface area contributed by atoms with Gasteiger partial charge in [0.25, 0.3) is 0 Å². The van der Waals surface area contributed by atoms with Gasteiger partial charge in [0.1, 0.15) is 0 Å². The Bertz CT molecular complexity index is 612. The van der Waals surface area contributed by atoms with Crippen LogP contribution in [0.15, 0.2) is 18.2 Å². The molecule has 3 fully saturated rings. The first kappa shape index (κ1) is 14.3. The predicted molar refractivity (Wildman–Crippen MR) is 95.1 cm³/mol. The molecule has 23 heavy (non-hydrogen) atoms. The summed E-state index contributed by atoms with van der Waals surface area (Å²) in [5.41, 5.74) is 4.75. The highest BCUT2D eigenvalue weighted by Crippen LogP contribution is 2.45. The lowest BCUT2D eigenvalue weighted by Crippen LogP contribution is -2.46. The number of fused-ring (bicyclic) bond motifs is 4. The molecule has 1 aromatic rings. The summed E-state index contributed by atoms with van der Waals surface area (Å²) in [6, 6.07) is 6.93. The third kappa shape index (κ3) is 2.32. The molecule has 0 amide bonds. The zero-order chi connectivity index (χ0) is 15.4. The topological polar surface area (TPSA) is 24.5 Å². The quantitative estimate of drug-likeness (QED) is 0.903. The molecular formula is C20H30N2O. The van der Waals surface area contributed by atoms with Crippen molar-refractivity contribution in [3.8, 4) is 0 Å². The molecule has 3 heteroatoms. The monoisotopic (exact) mass is 314 g/mol. The first-order valence-electron chi connectivity index (χ1n) is 9.45. The molecule has 5 rings (SSSR count). The molecule has 0 aliphatic carbocycles. The van der Waals surface area contributed by atoms with Gasteiger partial charge in [0.15, 0.2) is 0 Å². The second kappa shape index (κ2) is 5.22. The van der Waals surface area contributed by atoms with Crippen molar-refractivity contribution in [2.45, 2.75) is 56.7 Å². The van der Waals surface area contributed by atoms with Crippen LogP contribution in [0.2, 0.25) is 0 Å². The molecule has 1 N–H and O–H groups in total. The van der Waals surface area contributed by atoms with Crippen LogP contribution in [-0.4, -0.2) is 43.3 Å². The number of ether oxygens (including phenoxy) is 1. The molecule has 4 aliphatic rings. The summed E-state index contributed by atoms with van der Waals surface area (Å²) in [6.07, 6.45) is 7.71. The Labute approximate surface area is 140 Å². The number of benzene rings is 1. The van der Waals surface area contributed by atoms with Crippen LogP contribution in [0.4, 0.5) is 5.69 Å². The smallest absolute Gasteiger partial charge is 0.0621 e. The average molecular weight is 314 g/mol. The molecule has 4 aliphatic heterocycles. The van der Waals surface area contributed by atoms with Crippen molar-refractivity contribution in [2.24, 2.45) is 5.92 Å². The van der Waals surface area contributed by atoms with Gasteiger partial charge in [0.05, 0.1) is 12.2 Å². The molecule has 0 saturated carbocycles. The van der Waals surface area contributed by atoms with E-state index in [0.717, 1.165) is 12.5 Å². The summed E-state index contributed by atoms with van der Waals surface area (Å²) in [5, 5.41) is 3.66. The maximum atomic E-state index is 6.04. The first-order chi connectivity index (χ1) is 11.2. The molecule has 4 heterocycles. The van der Waals surface area contributed by atoms with E-state index in [-0.39, 0.29) is 1.43 Å². The number of hydrogen-bond donors (Lipinski definition) is 1. The molecule has 2 bridgehead atoms. The fraction of sp³-hybridized carbons (Fsp3) is 0.700. The van der Waals surface area contributed by atoms with Gasteiger partial charge in [-0.2, -0.15) is 0 Å². The Hall–Kier alpha value is -1.06. The maximum Gasteiger partial charge on any atom is 0.0621 e. The zero-order valence-corrected chi connectivity index (χ0v) is 14.2. The number of anilines is 1. The lowest BCUT2D eigenvalue weighted by molar-refractivity contribution is 0.0768. The summed E-state index contributed by atoms with van der Waals surface area (Å²) in [4.78, 5) is 2.72. The minimum atomic E-state index is 0. The molecule has 1 spiro atoms. The number of nitrogens with zero attached hydrogens (tertiary/aromatic N) is 1. The highest BCUT2D eigenvalue weighted by Gasteiger charge is 2.44. The van der Waals surface area contributed by atoms with E-state index < -0.39 is 0 Å². The van der Waals surface area contributed by atoms with Crippen molar-refractivity contribution in [2.75, 3.05) is 31.5 Å². The highest BCUT2D eigenvalue weighted by molar-refractivity contribution is 5.61. The van der Waals surface area contributed by atoms with Crippen LogP contribution < -0.4 is 5.32 Å². The van der Waals surface area contributed by atoms with E-state index >= 15 is 0 Å². The van der Waals surface area contributed by atoms with E-state index in [9.17, 15) is 0 Å². The van der Waals surface area contributed by atoms with E-state index in [1.807, 2.05) is 0 Å². The molecule has 3 saturated heterocycles. The Morgan fingerprint density at radius 1 is 1.30 bits per heavy atom. The third-order valence-electron chi connectivity index (χ3n) is 6.90. The zero-order valence-electron chi connectivity index (χ0n) is 14.2. The van der Waals surface area contributed by atoms with Crippen LogP contribution >= 0.6 is 0 Å². The van der Waals surface area contributed by atoms with Crippen molar-refractivity contribution in [1.29, 1.82) is 0 Å². The van der Waals surface area contributed by atoms with Crippen LogP contribution in [0.25, 0.3) is 0 Å². The van der Waals surface area contributed by atoms with E-state index in [4.69, 9.17) is 4.74 Å². The second-order valence-corrected chi connectivity index (χ2v) is 8.35. The van der Waals surface area contributed by atoms with Crippen LogP contribution in [0.3, 0.4) is 0 Å². The Morgan fingerprint density at radius 3 is 2.91 bits per heavy atom. The van der Waals surface area contributed by atoms with Crippen molar-refractivity contribution < 1.29 is 6.16 Å². The van der Waals surface area contributed by atoms with E-state index in [1.165, 1.54) is 63.0 Å². The Kier molecular flexibility index (Phi) is 3.24. The van der Waals surface area contributed by atoms with Crippen LogP contribution in [0.1, 0.15) is 44.7 Å². The van der Waals surface area contributed by atoms with Gasteiger partial charge in [-0.3, -0.25) is 0 Å². The van der Waals surface area contributed by atoms with Crippen LogP contribution in [0.5, 0.6) is 0 Å². The van der Waals surface area contributed by atoms with Crippen molar-refractivity contribution in [1.82, 2.24) is 4.90 Å². The summed E-state index contributed by atoms with van der Waals surface area (Å²) in [5.74, 6) is 0.805. The summed E-state index contributed by atoms with van der Waals surface area (Å²) >= 11 is 0. The van der Waals surface area contributed by atoms with Gasteiger partial charge in [-0.15, -0.1) is 0 Å². The van der Waals surface area contributed by atoms with Gasteiger partial charge in [0, 0.05) is 31.5 Å². The van der Waals surface area contributed by atoms with E-state index in [0.29, 0.717) is 17.6 Å². The minimum Gasteiger partial charge on any atom is -0.384 e. The number of aryl methyl sites for hydroxylation is 1. The normalized spacial score (nSPS) is 34.7. The fourth-order valence-corrected chi connectivity index (χ4v) is 5.49. The number of likely N-dealkylation sites (tertiary alicyclic amines) is 1. The minimum absolute atomic E-state index is 0. The van der Waals surface area contributed by atoms with E-state index in [2.05, 4.69) is 35.3 Å². The largest absolute Gasteiger partial charge is 0.384 e. The van der Waals surface area contributed by atoms with Gasteiger partial charge in [-0.25, -0.2) is 0 Å². The predicted octanol–water partition coefficient (Wildman–Crippen LogP) is 3.57. The van der Waals surface area contributed by atoms with Gasteiger partial charge in [-0.05, 0) is 63.7 Å². The fourth-order valence-electron chi connectivity index (χ4n) is 5.49. The summed E-state index contributed by atoms with van der Waals surface area (Å²) in [7, 11) is 0. The van der Waals surface area contributed by atoms with E-state index in [1.54, 1.807) is 5.56 Å². The molecule has 3 unspecified atom stereocenters. The molecule has 126 valence electrons. The van der Waals surface area contributed by atoms with Gasteiger partial charge in [0.2, 0.25) is 0 Å². The first-order valence-corrected chi connectivity index (χ1v) is 9.45. The lowest BCUT2D eigenvalue weighted by Gasteiger charge is -2.41. The highest BCUT2D eigenvalue weighted by atomic mass is 16.5. The second-order valence-electron chi connectivity index (χ2n) is 8.35. The van der Waals surface area contributed by atoms with Crippen LogP contribution in [-0.2, 0) is 10.2 Å². The molecule has 3 nitrogen and oxygen atoms in total. The van der Waals surface area contributed by atoms with Gasteiger partial charge < -0.3 is 15.0 Å². The molecule has 1 aromatic carbocycles. The summed E-state index contributed by atoms with van der Waals surface area (Å²) < 4.78 is 6.04. The molecule has 0 aromatic heterocycles. The van der Waals surface area contributed by atoms with Gasteiger partial charge >= 0.3 is 0 Å². The molecule has 0 radical (unpaired) electrons. The van der Waals surface area contributed by atoms with Crippen molar-refractivity contribution >= 4 is 5.69 Å². The average Bonchev–Trinajstić information content (AvgIpc) is 3.25. The van der Waals surface area contributed by atoms with Gasteiger partial charge in [-0.1, -0.05) is 17.7 Å². The Morgan fingerprint density at radius 2 is 2.17 bits per heavy atom. The van der Waals surface area contributed by atoms with Crippen LogP contribution in [0, 0.1) is 12.8 Å². The number of piperidine rings is 1. The molecular weight excluding hydrogens is 284 g/mol. The SMILES string of the molecule is Cc1ccc2c(c1)C1(CCN(CC3CC4CCC3O4)CC1)CN2.[HH]. The van der Waals surface area contributed by atoms with Crippen molar-refractivity contribution in [3.05, 3.63) is 29.3 Å². The standard InChI is InChI=1S/C20H28N2O.H2/c1-14-2-4-18-17(10-14)20(13-21-18)6-8-22(9-7-20)12-15-11-16-3-5-19(15)23-16;/h2,4,10,15-16,19,21H,3,5-9,11-13H2,1H3;1H. The number of rotatable bonds is 2.